The summed E-state index contributed by atoms with van der Waals surface area (Å²) in [5, 5.41) is 9.90. The van der Waals surface area contributed by atoms with Gasteiger partial charge in [-0.05, 0) is 45.7 Å². The molecule has 0 saturated carbocycles. The van der Waals surface area contributed by atoms with Gasteiger partial charge in [-0.25, -0.2) is 13.1 Å². The van der Waals surface area contributed by atoms with Gasteiger partial charge in [-0.3, -0.25) is 5.10 Å². The van der Waals surface area contributed by atoms with Crippen molar-refractivity contribution >= 4 is 10.0 Å². The Hall–Kier alpha value is -0.920. The average molecular weight is 272 g/mol. The highest BCUT2D eigenvalue weighted by atomic mass is 32.2. The number of H-pyrrole nitrogens is 1. The summed E-state index contributed by atoms with van der Waals surface area (Å²) in [7, 11) is -3.45. The number of rotatable bonds is 4. The molecule has 0 amide bonds. The molecule has 1 aliphatic heterocycles. The molecule has 1 fully saturated rings. The fourth-order valence-corrected chi connectivity index (χ4v) is 3.82. The minimum Gasteiger partial charge on any atom is -0.316 e. The zero-order valence-electron chi connectivity index (χ0n) is 10.8. The Balaban J connectivity index is 2.03. The Morgan fingerprint density at radius 2 is 2.22 bits per heavy atom. The zero-order valence-corrected chi connectivity index (χ0v) is 11.6. The number of aromatic nitrogens is 2. The van der Waals surface area contributed by atoms with Gasteiger partial charge >= 0.3 is 0 Å². The summed E-state index contributed by atoms with van der Waals surface area (Å²) < 4.78 is 27.1. The number of sulfonamides is 1. The Morgan fingerprint density at radius 3 is 2.78 bits per heavy atom. The summed E-state index contributed by atoms with van der Waals surface area (Å²) in [5.41, 5.74) is 1.10. The molecule has 0 bridgehead atoms. The highest BCUT2D eigenvalue weighted by molar-refractivity contribution is 7.89. The van der Waals surface area contributed by atoms with Crippen molar-refractivity contribution in [3.8, 4) is 0 Å². The molecule has 2 rings (SSSR count). The summed E-state index contributed by atoms with van der Waals surface area (Å²) >= 11 is 0. The van der Waals surface area contributed by atoms with Gasteiger partial charge in [-0.2, -0.15) is 5.10 Å². The number of piperidine rings is 1. The molecule has 102 valence electrons. The van der Waals surface area contributed by atoms with Crippen molar-refractivity contribution in [2.45, 2.75) is 31.6 Å². The summed E-state index contributed by atoms with van der Waals surface area (Å²) in [4.78, 5) is 0.284. The van der Waals surface area contributed by atoms with Crippen LogP contribution in [0.2, 0.25) is 0 Å². The van der Waals surface area contributed by atoms with E-state index in [0.717, 1.165) is 25.9 Å². The predicted molar refractivity (Wildman–Crippen MR) is 68.8 cm³/mol. The molecule has 0 spiro atoms. The van der Waals surface area contributed by atoms with Crippen LogP contribution < -0.4 is 10.0 Å². The van der Waals surface area contributed by atoms with E-state index >= 15 is 0 Å². The lowest BCUT2D eigenvalue weighted by molar-refractivity contribution is 0.376. The van der Waals surface area contributed by atoms with Crippen LogP contribution in [-0.2, 0) is 10.0 Å². The Labute approximate surface area is 108 Å². The van der Waals surface area contributed by atoms with Crippen LogP contribution in [0.15, 0.2) is 4.90 Å². The van der Waals surface area contributed by atoms with Crippen LogP contribution in [0, 0.1) is 19.8 Å². The Bertz CT molecular complexity index is 484. The van der Waals surface area contributed by atoms with Crippen molar-refractivity contribution in [1.82, 2.24) is 20.2 Å². The van der Waals surface area contributed by atoms with Crippen molar-refractivity contribution in [3.05, 3.63) is 11.4 Å². The molecule has 0 aromatic carbocycles. The third-order valence-electron chi connectivity index (χ3n) is 3.29. The van der Waals surface area contributed by atoms with Gasteiger partial charge < -0.3 is 5.32 Å². The lowest BCUT2D eigenvalue weighted by Crippen LogP contribution is -2.38. The van der Waals surface area contributed by atoms with Crippen LogP contribution in [0.5, 0.6) is 0 Å². The lowest BCUT2D eigenvalue weighted by Gasteiger charge is -2.22. The second-order valence-corrected chi connectivity index (χ2v) is 6.53. The van der Waals surface area contributed by atoms with Crippen molar-refractivity contribution in [3.63, 3.8) is 0 Å². The average Bonchev–Trinajstić information content (AvgIpc) is 2.69. The molecule has 0 radical (unpaired) electrons. The summed E-state index contributed by atoms with van der Waals surface area (Å²) in [5.74, 6) is 0.376. The molecule has 1 aromatic heterocycles. The molecule has 2 heterocycles. The van der Waals surface area contributed by atoms with Gasteiger partial charge in [0.2, 0.25) is 10.0 Å². The van der Waals surface area contributed by atoms with Gasteiger partial charge in [0.05, 0.1) is 11.4 Å². The molecule has 1 aromatic rings. The number of hydrogen-bond acceptors (Lipinski definition) is 4. The van der Waals surface area contributed by atoms with Gasteiger partial charge in [0.25, 0.3) is 0 Å². The second-order valence-electron chi connectivity index (χ2n) is 4.83. The van der Waals surface area contributed by atoms with Gasteiger partial charge in [-0.1, -0.05) is 0 Å². The number of aryl methyl sites for hydroxylation is 2. The molecule has 3 N–H and O–H groups in total. The van der Waals surface area contributed by atoms with E-state index in [1.54, 1.807) is 13.8 Å². The first-order chi connectivity index (χ1) is 8.50. The first-order valence-corrected chi connectivity index (χ1v) is 7.71. The standard InChI is InChI=1S/C11H20N4O2S/c1-8-11(9(2)15-14-8)18(16,17)13-7-10-4-3-5-12-6-10/h10,12-13H,3-7H2,1-2H3,(H,14,15). The van der Waals surface area contributed by atoms with E-state index in [1.165, 1.54) is 0 Å². The van der Waals surface area contributed by atoms with Crippen LogP contribution in [0.1, 0.15) is 24.2 Å². The smallest absolute Gasteiger partial charge is 0.244 e. The number of hydrogen-bond donors (Lipinski definition) is 3. The van der Waals surface area contributed by atoms with Crippen molar-refractivity contribution in [1.29, 1.82) is 0 Å². The molecule has 1 saturated heterocycles. The van der Waals surface area contributed by atoms with Crippen LogP contribution >= 0.6 is 0 Å². The predicted octanol–water partition coefficient (Wildman–Crippen LogP) is 0.304. The normalized spacial score (nSPS) is 21.1. The fourth-order valence-electron chi connectivity index (χ4n) is 2.33. The zero-order chi connectivity index (χ0) is 13.2. The van der Waals surface area contributed by atoms with Crippen LogP contribution in [0.3, 0.4) is 0 Å². The van der Waals surface area contributed by atoms with E-state index in [4.69, 9.17) is 0 Å². The molecule has 7 heteroatoms. The number of nitrogens with zero attached hydrogens (tertiary/aromatic N) is 1. The van der Waals surface area contributed by atoms with Gasteiger partial charge in [0.1, 0.15) is 4.90 Å². The molecule has 0 aliphatic carbocycles. The second kappa shape index (κ2) is 5.38. The lowest BCUT2D eigenvalue weighted by atomic mass is 10.0. The van der Waals surface area contributed by atoms with E-state index in [-0.39, 0.29) is 4.90 Å². The molecule has 1 unspecified atom stereocenters. The Kier molecular flexibility index (Phi) is 4.04. The first-order valence-electron chi connectivity index (χ1n) is 6.22. The minimum absolute atomic E-state index is 0.284. The summed E-state index contributed by atoms with van der Waals surface area (Å²) in [6, 6.07) is 0. The van der Waals surface area contributed by atoms with Gasteiger partial charge in [-0.15, -0.1) is 0 Å². The minimum atomic E-state index is -3.45. The maximum absolute atomic E-state index is 12.2. The SMILES string of the molecule is Cc1n[nH]c(C)c1S(=O)(=O)NCC1CCCNC1. The number of nitrogens with one attached hydrogen (secondary N) is 3. The maximum atomic E-state index is 12.2. The summed E-state index contributed by atoms with van der Waals surface area (Å²) in [6.45, 7) is 5.81. The first kappa shape index (κ1) is 13.5. The molecule has 18 heavy (non-hydrogen) atoms. The molecular weight excluding hydrogens is 252 g/mol. The fraction of sp³-hybridized carbons (Fsp3) is 0.727. The molecule has 1 atom stereocenters. The van der Waals surface area contributed by atoms with Crippen LogP contribution in [0.4, 0.5) is 0 Å². The largest absolute Gasteiger partial charge is 0.316 e. The van der Waals surface area contributed by atoms with E-state index < -0.39 is 10.0 Å². The van der Waals surface area contributed by atoms with E-state index in [1.807, 2.05) is 0 Å². The van der Waals surface area contributed by atoms with E-state index in [2.05, 4.69) is 20.2 Å². The number of aromatic amines is 1. The molecule has 1 aliphatic rings. The van der Waals surface area contributed by atoms with E-state index in [0.29, 0.717) is 23.9 Å². The summed E-state index contributed by atoms with van der Waals surface area (Å²) in [6.07, 6.45) is 2.18. The third kappa shape index (κ3) is 2.90. The van der Waals surface area contributed by atoms with Crippen molar-refractivity contribution in [2.75, 3.05) is 19.6 Å². The topological polar surface area (TPSA) is 86.9 Å². The third-order valence-corrected chi connectivity index (χ3v) is 4.98. The molecule has 6 nitrogen and oxygen atoms in total. The quantitative estimate of drug-likeness (QED) is 0.736. The van der Waals surface area contributed by atoms with Crippen molar-refractivity contribution < 1.29 is 8.42 Å². The van der Waals surface area contributed by atoms with Gasteiger partial charge in [0, 0.05) is 6.54 Å². The van der Waals surface area contributed by atoms with Crippen LogP contribution in [-0.4, -0.2) is 38.2 Å². The highest BCUT2D eigenvalue weighted by Crippen LogP contribution is 2.17. The monoisotopic (exact) mass is 272 g/mol. The Morgan fingerprint density at radius 1 is 1.44 bits per heavy atom. The van der Waals surface area contributed by atoms with Crippen LogP contribution in [0.25, 0.3) is 0 Å². The van der Waals surface area contributed by atoms with Gasteiger partial charge in [0.15, 0.2) is 0 Å². The highest BCUT2D eigenvalue weighted by Gasteiger charge is 2.23. The van der Waals surface area contributed by atoms with E-state index in [9.17, 15) is 8.42 Å². The maximum Gasteiger partial charge on any atom is 0.244 e. The molecular formula is C11H20N4O2S. The van der Waals surface area contributed by atoms with Crippen molar-refractivity contribution in [2.24, 2.45) is 5.92 Å².